The summed E-state index contributed by atoms with van der Waals surface area (Å²) < 4.78 is 0. The summed E-state index contributed by atoms with van der Waals surface area (Å²) in [6.07, 6.45) is 7.68. The summed E-state index contributed by atoms with van der Waals surface area (Å²) in [5.41, 5.74) is 0. The molecule has 2 unspecified atom stereocenters. The molecule has 0 radical (unpaired) electrons. The lowest BCUT2D eigenvalue weighted by Crippen LogP contribution is -2.34. The van der Waals surface area contributed by atoms with Crippen molar-refractivity contribution in [3.8, 4) is 0 Å². The standard InChI is InChI=1S/C13H24/c1-9(2)13-5-4-11-6-10(3)7-12(13)8-11/h9-13H,4-8H2,1-3H3/t10-,11?,12?,13+/m0/s1. The maximum Gasteiger partial charge on any atom is -0.0362 e. The van der Waals surface area contributed by atoms with Crippen LogP contribution in [0.25, 0.3) is 0 Å². The van der Waals surface area contributed by atoms with E-state index in [2.05, 4.69) is 20.8 Å². The number of fused-ring (bicyclic) bond motifs is 2. The van der Waals surface area contributed by atoms with Crippen LogP contribution in [0.2, 0.25) is 0 Å². The maximum atomic E-state index is 2.46. The Morgan fingerprint density at radius 1 is 1.00 bits per heavy atom. The maximum absolute atomic E-state index is 2.46. The smallest absolute Gasteiger partial charge is 0.0362 e. The third kappa shape index (κ3) is 1.92. The van der Waals surface area contributed by atoms with E-state index in [4.69, 9.17) is 0 Å². The van der Waals surface area contributed by atoms with Gasteiger partial charge in [-0.05, 0) is 55.3 Å². The molecule has 76 valence electrons. The zero-order valence-electron chi connectivity index (χ0n) is 9.42. The molecule has 13 heavy (non-hydrogen) atoms. The molecule has 2 saturated carbocycles. The van der Waals surface area contributed by atoms with Gasteiger partial charge in [-0.2, -0.15) is 0 Å². The second-order valence-corrected chi connectivity index (χ2v) is 5.92. The molecule has 0 aromatic heterocycles. The van der Waals surface area contributed by atoms with Crippen LogP contribution in [0.15, 0.2) is 0 Å². The monoisotopic (exact) mass is 180 g/mol. The van der Waals surface area contributed by atoms with Crippen LogP contribution in [-0.2, 0) is 0 Å². The van der Waals surface area contributed by atoms with Gasteiger partial charge < -0.3 is 0 Å². The van der Waals surface area contributed by atoms with E-state index >= 15 is 0 Å². The van der Waals surface area contributed by atoms with Gasteiger partial charge in [0.25, 0.3) is 0 Å². The first kappa shape index (κ1) is 9.55. The van der Waals surface area contributed by atoms with E-state index in [1.165, 1.54) is 25.7 Å². The number of hydrogen-bond acceptors (Lipinski definition) is 0. The van der Waals surface area contributed by atoms with Gasteiger partial charge >= 0.3 is 0 Å². The van der Waals surface area contributed by atoms with Crippen molar-refractivity contribution in [1.29, 1.82) is 0 Å². The molecule has 0 aliphatic heterocycles. The summed E-state index contributed by atoms with van der Waals surface area (Å²) in [6, 6.07) is 0. The highest BCUT2D eigenvalue weighted by Gasteiger charge is 2.36. The average molecular weight is 180 g/mol. The predicted octanol–water partition coefficient (Wildman–Crippen LogP) is 4.10. The fraction of sp³-hybridized carbons (Fsp3) is 1.00. The Balaban J connectivity index is 2.02. The highest BCUT2D eigenvalue weighted by atomic mass is 14.4. The molecular formula is C13H24. The molecule has 2 aliphatic carbocycles. The molecule has 0 spiro atoms. The quantitative estimate of drug-likeness (QED) is 0.570. The Labute approximate surface area is 83.1 Å². The van der Waals surface area contributed by atoms with Crippen molar-refractivity contribution in [3.05, 3.63) is 0 Å². The van der Waals surface area contributed by atoms with Crippen molar-refractivity contribution < 1.29 is 0 Å². The molecule has 2 aliphatic rings. The zero-order valence-corrected chi connectivity index (χ0v) is 9.42. The summed E-state index contributed by atoms with van der Waals surface area (Å²) in [5.74, 6) is 5.19. The van der Waals surface area contributed by atoms with Gasteiger partial charge in [0, 0.05) is 0 Å². The van der Waals surface area contributed by atoms with Gasteiger partial charge in [0.15, 0.2) is 0 Å². The molecule has 2 fully saturated rings. The van der Waals surface area contributed by atoms with E-state index in [1.54, 1.807) is 6.42 Å². The molecule has 0 heterocycles. The van der Waals surface area contributed by atoms with Crippen LogP contribution in [0.4, 0.5) is 0 Å². The van der Waals surface area contributed by atoms with Crippen molar-refractivity contribution in [1.82, 2.24) is 0 Å². The average Bonchev–Trinajstić information content (AvgIpc) is 2.02. The molecule has 2 rings (SSSR count). The van der Waals surface area contributed by atoms with Crippen LogP contribution >= 0.6 is 0 Å². The third-order valence-corrected chi connectivity index (χ3v) is 4.45. The first-order valence-corrected chi connectivity index (χ1v) is 6.16. The Bertz CT molecular complexity index is 169. The summed E-state index contributed by atoms with van der Waals surface area (Å²) in [7, 11) is 0. The van der Waals surface area contributed by atoms with Crippen molar-refractivity contribution in [2.24, 2.45) is 29.6 Å². The minimum Gasteiger partial charge on any atom is -0.0625 e. The van der Waals surface area contributed by atoms with Gasteiger partial charge in [-0.3, -0.25) is 0 Å². The number of rotatable bonds is 1. The lowest BCUT2D eigenvalue weighted by Gasteiger charge is -2.44. The molecule has 0 heteroatoms. The van der Waals surface area contributed by atoms with Crippen molar-refractivity contribution in [3.63, 3.8) is 0 Å². The van der Waals surface area contributed by atoms with Crippen LogP contribution in [-0.4, -0.2) is 0 Å². The molecule has 0 saturated heterocycles. The fourth-order valence-corrected chi connectivity index (χ4v) is 3.93. The lowest BCUT2D eigenvalue weighted by molar-refractivity contribution is 0.0643. The van der Waals surface area contributed by atoms with Gasteiger partial charge in [0.2, 0.25) is 0 Å². The fourth-order valence-electron chi connectivity index (χ4n) is 3.93. The predicted molar refractivity (Wildman–Crippen MR) is 57.6 cm³/mol. The van der Waals surface area contributed by atoms with Gasteiger partial charge in [-0.15, -0.1) is 0 Å². The largest absolute Gasteiger partial charge is 0.0625 e. The summed E-state index contributed by atoms with van der Waals surface area (Å²) in [6.45, 7) is 7.30. The molecule has 0 nitrogen and oxygen atoms in total. The molecule has 2 bridgehead atoms. The van der Waals surface area contributed by atoms with Crippen LogP contribution in [0.5, 0.6) is 0 Å². The minimum atomic E-state index is 0.927. The molecule has 4 atom stereocenters. The normalized spacial score (nSPS) is 45.2. The second kappa shape index (κ2) is 3.63. The van der Waals surface area contributed by atoms with E-state index in [0.717, 1.165) is 29.6 Å². The van der Waals surface area contributed by atoms with E-state index < -0.39 is 0 Å². The van der Waals surface area contributed by atoms with Gasteiger partial charge in [0.1, 0.15) is 0 Å². The lowest BCUT2D eigenvalue weighted by atomic mass is 9.61. The Hall–Kier alpha value is 0. The van der Waals surface area contributed by atoms with E-state index in [1.807, 2.05) is 0 Å². The number of hydrogen-bond donors (Lipinski definition) is 0. The molecule has 0 N–H and O–H groups in total. The Morgan fingerprint density at radius 2 is 1.77 bits per heavy atom. The van der Waals surface area contributed by atoms with E-state index in [9.17, 15) is 0 Å². The third-order valence-electron chi connectivity index (χ3n) is 4.45. The summed E-state index contributed by atoms with van der Waals surface area (Å²) in [4.78, 5) is 0. The van der Waals surface area contributed by atoms with Crippen LogP contribution in [0, 0.1) is 29.6 Å². The molecule has 0 aromatic rings. The topological polar surface area (TPSA) is 0 Å². The molecular weight excluding hydrogens is 156 g/mol. The van der Waals surface area contributed by atoms with Crippen molar-refractivity contribution in [2.45, 2.75) is 52.9 Å². The summed E-state index contributed by atoms with van der Waals surface area (Å²) in [5, 5.41) is 0. The van der Waals surface area contributed by atoms with Crippen molar-refractivity contribution in [2.75, 3.05) is 0 Å². The van der Waals surface area contributed by atoms with Gasteiger partial charge in [0.05, 0.1) is 0 Å². The first-order chi connectivity index (χ1) is 6.16. The van der Waals surface area contributed by atoms with E-state index in [0.29, 0.717) is 0 Å². The highest BCUT2D eigenvalue weighted by Crippen LogP contribution is 2.47. The Morgan fingerprint density at radius 3 is 2.46 bits per heavy atom. The van der Waals surface area contributed by atoms with Crippen molar-refractivity contribution >= 4 is 0 Å². The van der Waals surface area contributed by atoms with Crippen LogP contribution < -0.4 is 0 Å². The van der Waals surface area contributed by atoms with Gasteiger partial charge in [-0.1, -0.05) is 27.2 Å². The highest BCUT2D eigenvalue weighted by molar-refractivity contribution is 4.87. The Kier molecular flexibility index (Phi) is 2.67. The first-order valence-electron chi connectivity index (χ1n) is 6.16. The SMILES string of the molecule is CC(C)[C@H]1CCC2CC1C[C@@H](C)C2. The van der Waals surface area contributed by atoms with Crippen LogP contribution in [0.1, 0.15) is 52.9 Å². The second-order valence-electron chi connectivity index (χ2n) is 5.92. The summed E-state index contributed by atoms with van der Waals surface area (Å²) >= 11 is 0. The molecule has 0 amide bonds. The minimum absolute atomic E-state index is 0.927. The van der Waals surface area contributed by atoms with Gasteiger partial charge in [-0.25, -0.2) is 0 Å². The zero-order chi connectivity index (χ0) is 9.42. The van der Waals surface area contributed by atoms with E-state index in [-0.39, 0.29) is 0 Å². The molecule has 0 aromatic carbocycles. The van der Waals surface area contributed by atoms with Crippen LogP contribution in [0.3, 0.4) is 0 Å².